The topological polar surface area (TPSA) is 43.4 Å². The number of benzene rings is 1. The van der Waals surface area contributed by atoms with Gasteiger partial charge >= 0.3 is 0 Å². The van der Waals surface area contributed by atoms with E-state index in [1.54, 1.807) is 7.11 Å². The largest absolute Gasteiger partial charge is 0.496 e. The minimum atomic E-state index is 0.350. The van der Waals surface area contributed by atoms with E-state index in [2.05, 4.69) is 16.4 Å². The van der Waals surface area contributed by atoms with Gasteiger partial charge in [-0.05, 0) is 31.4 Å². The van der Waals surface area contributed by atoms with Gasteiger partial charge in [0.05, 0.1) is 25.4 Å². The molecule has 4 heteroatoms. The van der Waals surface area contributed by atoms with E-state index < -0.39 is 0 Å². The number of nitrogens with zero attached hydrogens (tertiary/aromatic N) is 1. The molecule has 0 amide bonds. The van der Waals surface area contributed by atoms with Gasteiger partial charge in [0.2, 0.25) is 0 Å². The lowest BCUT2D eigenvalue weighted by molar-refractivity contribution is 0.102. The number of rotatable bonds is 3. The van der Waals surface area contributed by atoms with Gasteiger partial charge in [0, 0.05) is 17.0 Å². The van der Waals surface area contributed by atoms with Crippen molar-refractivity contribution in [3.63, 3.8) is 0 Å². The summed E-state index contributed by atoms with van der Waals surface area (Å²) in [5.74, 6) is 1.82. The summed E-state index contributed by atoms with van der Waals surface area (Å²) in [6, 6.07) is 8.45. The van der Waals surface area contributed by atoms with Crippen LogP contribution in [0.25, 0.3) is 10.8 Å². The van der Waals surface area contributed by atoms with E-state index in [1.165, 1.54) is 6.42 Å². The monoisotopic (exact) mass is 270 g/mol. The van der Waals surface area contributed by atoms with Crippen LogP contribution in [0.3, 0.4) is 0 Å². The van der Waals surface area contributed by atoms with Crippen LogP contribution in [-0.4, -0.2) is 30.3 Å². The second-order valence-corrected chi connectivity index (χ2v) is 5.58. The Bertz CT molecular complexity index is 643. The van der Waals surface area contributed by atoms with Crippen LogP contribution in [0, 0.1) is 0 Å². The number of anilines is 1. The molecule has 4 nitrogen and oxygen atoms in total. The van der Waals surface area contributed by atoms with E-state index in [4.69, 9.17) is 9.47 Å². The van der Waals surface area contributed by atoms with Gasteiger partial charge in [-0.25, -0.2) is 4.98 Å². The predicted molar refractivity (Wildman–Crippen MR) is 78.2 cm³/mol. The van der Waals surface area contributed by atoms with E-state index >= 15 is 0 Å². The number of pyridine rings is 1. The SMILES string of the molecule is COc1cccc2c(NC3CC4CCC3O4)nccc12. The molecule has 4 rings (SSSR count). The third kappa shape index (κ3) is 1.83. The maximum absolute atomic E-state index is 5.90. The molecular formula is C16H18N2O2. The third-order valence-corrected chi connectivity index (χ3v) is 4.41. The fourth-order valence-corrected chi connectivity index (χ4v) is 3.44. The maximum Gasteiger partial charge on any atom is 0.134 e. The number of methoxy groups -OCH3 is 1. The molecule has 0 spiro atoms. The molecule has 3 atom stereocenters. The summed E-state index contributed by atoms with van der Waals surface area (Å²) in [5, 5.41) is 5.78. The number of aromatic nitrogens is 1. The Morgan fingerprint density at radius 2 is 2.20 bits per heavy atom. The van der Waals surface area contributed by atoms with Gasteiger partial charge in [0.1, 0.15) is 11.6 Å². The Balaban J connectivity index is 1.69. The van der Waals surface area contributed by atoms with Crippen molar-refractivity contribution in [3.05, 3.63) is 30.5 Å². The van der Waals surface area contributed by atoms with Crippen molar-refractivity contribution >= 4 is 16.6 Å². The van der Waals surface area contributed by atoms with E-state index in [0.29, 0.717) is 18.2 Å². The summed E-state index contributed by atoms with van der Waals surface area (Å²) in [5.41, 5.74) is 0. The van der Waals surface area contributed by atoms with E-state index in [0.717, 1.165) is 35.2 Å². The molecule has 3 heterocycles. The van der Waals surface area contributed by atoms with Gasteiger partial charge in [-0.15, -0.1) is 0 Å². The van der Waals surface area contributed by atoms with Crippen LogP contribution in [-0.2, 0) is 4.74 Å². The fourth-order valence-electron chi connectivity index (χ4n) is 3.44. The molecular weight excluding hydrogens is 252 g/mol. The van der Waals surface area contributed by atoms with Gasteiger partial charge in [-0.2, -0.15) is 0 Å². The molecule has 2 aliphatic heterocycles. The molecule has 2 saturated heterocycles. The molecule has 1 aromatic carbocycles. The van der Waals surface area contributed by atoms with E-state index in [1.807, 2.05) is 24.4 Å². The lowest BCUT2D eigenvalue weighted by atomic mass is 9.95. The molecule has 1 N–H and O–H groups in total. The van der Waals surface area contributed by atoms with Crippen molar-refractivity contribution in [2.75, 3.05) is 12.4 Å². The molecule has 2 bridgehead atoms. The smallest absolute Gasteiger partial charge is 0.134 e. The Morgan fingerprint density at radius 3 is 2.95 bits per heavy atom. The first-order chi connectivity index (χ1) is 9.85. The molecule has 20 heavy (non-hydrogen) atoms. The fraction of sp³-hybridized carbons (Fsp3) is 0.438. The van der Waals surface area contributed by atoms with Crippen molar-refractivity contribution in [1.29, 1.82) is 0 Å². The molecule has 2 aromatic rings. The standard InChI is InChI=1S/C16H18N2O2/c1-19-14-4-2-3-12-11(14)7-8-17-16(12)18-13-9-10-5-6-15(13)20-10/h2-4,7-8,10,13,15H,5-6,9H2,1H3,(H,17,18). The van der Waals surface area contributed by atoms with Crippen molar-refractivity contribution < 1.29 is 9.47 Å². The molecule has 1 aromatic heterocycles. The minimum absolute atomic E-state index is 0.350. The zero-order valence-electron chi connectivity index (χ0n) is 11.5. The third-order valence-electron chi connectivity index (χ3n) is 4.41. The van der Waals surface area contributed by atoms with Crippen LogP contribution >= 0.6 is 0 Å². The Labute approximate surface area is 118 Å². The van der Waals surface area contributed by atoms with Crippen molar-refractivity contribution in [3.8, 4) is 5.75 Å². The molecule has 2 fully saturated rings. The van der Waals surface area contributed by atoms with Gasteiger partial charge in [-0.3, -0.25) is 0 Å². The summed E-state index contributed by atoms with van der Waals surface area (Å²) < 4.78 is 11.3. The number of fused-ring (bicyclic) bond motifs is 3. The van der Waals surface area contributed by atoms with Crippen molar-refractivity contribution in [2.45, 2.75) is 37.5 Å². The predicted octanol–water partition coefficient (Wildman–Crippen LogP) is 2.98. The number of hydrogen-bond acceptors (Lipinski definition) is 4. The average molecular weight is 270 g/mol. The van der Waals surface area contributed by atoms with Crippen molar-refractivity contribution in [1.82, 2.24) is 4.98 Å². The Kier molecular flexibility index (Phi) is 2.77. The molecule has 0 radical (unpaired) electrons. The van der Waals surface area contributed by atoms with E-state index in [-0.39, 0.29) is 0 Å². The number of nitrogens with one attached hydrogen (secondary N) is 1. The minimum Gasteiger partial charge on any atom is -0.496 e. The van der Waals surface area contributed by atoms with Gasteiger partial charge in [0.25, 0.3) is 0 Å². The average Bonchev–Trinajstić information content (AvgIpc) is 3.09. The zero-order chi connectivity index (χ0) is 13.5. The van der Waals surface area contributed by atoms with Crippen LogP contribution in [0.2, 0.25) is 0 Å². The highest BCUT2D eigenvalue weighted by atomic mass is 16.5. The highest BCUT2D eigenvalue weighted by Gasteiger charge is 2.40. The Hall–Kier alpha value is -1.81. The Morgan fingerprint density at radius 1 is 1.25 bits per heavy atom. The zero-order valence-corrected chi connectivity index (χ0v) is 11.5. The lowest BCUT2D eigenvalue weighted by Crippen LogP contribution is -2.30. The first-order valence-corrected chi connectivity index (χ1v) is 7.19. The summed E-state index contributed by atoms with van der Waals surface area (Å²) in [6.07, 6.45) is 6.09. The highest BCUT2D eigenvalue weighted by Crippen LogP contribution is 2.37. The first-order valence-electron chi connectivity index (χ1n) is 7.19. The highest BCUT2D eigenvalue weighted by molar-refractivity contribution is 5.95. The summed E-state index contributed by atoms with van der Waals surface area (Å²) in [6.45, 7) is 0. The van der Waals surface area contributed by atoms with E-state index in [9.17, 15) is 0 Å². The van der Waals surface area contributed by atoms with Crippen LogP contribution in [0.15, 0.2) is 30.5 Å². The molecule has 104 valence electrons. The van der Waals surface area contributed by atoms with Gasteiger partial charge in [-0.1, -0.05) is 12.1 Å². The van der Waals surface area contributed by atoms with Crippen LogP contribution in [0.4, 0.5) is 5.82 Å². The van der Waals surface area contributed by atoms with Crippen LogP contribution in [0.1, 0.15) is 19.3 Å². The summed E-state index contributed by atoms with van der Waals surface area (Å²) >= 11 is 0. The molecule has 2 aliphatic rings. The van der Waals surface area contributed by atoms with Gasteiger partial charge < -0.3 is 14.8 Å². The van der Waals surface area contributed by atoms with Crippen LogP contribution < -0.4 is 10.1 Å². The quantitative estimate of drug-likeness (QED) is 0.931. The normalized spacial score (nSPS) is 27.9. The number of ether oxygens (including phenoxy) is 2. The second kappa shape index (κ2) is 4.63. The second-order valence-electron chi connectivity index (χ2n) is 5.58. The van der Waals surface area contributed by atoms with Crippen LogP contribution in [0.5, 0.6) is 5.75 Å². The first kappa shape index (κ1) is 12.0. The summed E-state index contributed by atoms with van der Waals surface area (Å²) in [7, 11) is 1.70. The maximum atomic E-state index is 5.90. The molecule has 0 saturated carbocycles. The summed E-state index contributed by atoms with van der Waals surface area (Å²) in [4.78, 5) is 4.51. The van der Waals surface area contributed by atoms with Gasteiger partial charge in [0.15, 0.2) is 0 Å². The lowest BCUT2D eigenvalue weighted by Gasteiger charge is -2.21. The molecule has 0 aliphatic carbocycles. The molecule has 3 unspecified atom stereocenters. The number of hydrogen-bond donors (Lipinski definition) is 1. The van der Waals surface area contributed by atoms with Crippen molar-refractivity contribution in [2.24, 2.45) is 0 Å².